The lowest BCUT2D eigenvalue weighted by molar-refractivity contribution is -0.140. The second-order valence-electron chi connectivity index (χ2n) is 10.3. The molecule has 1 atom stereocenters. The number of halogens is 2. The maximum absolute atomic E-state index is 14.3. The van der Waals surface area contributed by atoms with Crippen LogP contribution in [0.2, 0.25) is 10.0 Å². The monoisotopic (exact) mass is 647 g/mol. The highest BCUT2D eigenvalue weighted by molar-refractivity contribution is 7.92. The molecule has 0 aliphatic carbocycles. The summed E-state index contributed by atoms with van der Waals surface area (Å²) in [5.74, 6) is -0.595. The van der Waals surface area contributed by atoms with Crippen molar-refractivity contribution in [2.75, 3.05) is 24.5 Å². The number of nitrogens with zero attached hydrogens (tertiary/aromatic N) is 2. The number of methoxy groups -OCH3 is 1. The van der Waals surface area contributed by atoms with Gasteiger partial charge in [-0.1, -0.05) is 73.3 Å². The number of benzene rings is 3. The van der Waals surface area contributed by atoms with E-state index in [1.807, 2.05) is 27.7 Å². The molecule has 0 radical (unpaired) electrons. The molecule has 2 amide bonds. The molecule has 1 N–H and O–H groups in total. The summed E-state index contributed by atoms with van der Waals surface area (Å²) < 4.78 is 34.9. The summed E-state index contributed by atoms with van der Waals surface area (Å²) in [5.41, 5.74) is 2.53. The van der Waals surface area contributed by atoms with Crippen LogP contribution in [0.3, 0.4) is 0 Å². The van der Waals surface area contributed by atoms with Crippen molar-refractivity contribution in [2.24, 2.45) is 0 Å². The molecule has 8 nitrogen and oxygen atoms in total. The molecule has 0 aliphatic rings. The fourth-order valence-electron chi connectivity index (χ4n) is 4.61. The van der Waals surface area contributed by atoms with E-state index in [1.54, 1.807) is 48.5 Å². The summed E-state index contributed by atoms with van der Waals surface area (Å²) in [5, 5.41) is 3.58. The minimum absolute atomic E-state index is 0.0127. The van der Waals surface area contributed by atoms with Crippen LogP contribution in [0.4, 0.5) is 5.69 Å². The number of carbonyl (C=O) groups excluding carboxylic acids is 2. The third kappa shape index (κ3) is 8.65. The average molecular weight is 649 g/mol. The highest BCUT2D eigenvalue weighted by Crippen LogP contribution is 2.34. The zero-order valence-corrected chi connectivity index (χ0v) is 27.5. The molecule has 0 bridgehead atoms. The van der Waals surface area contributed by atoms with Gasteiger partial charge in [0.2, 0.25) is 11.8 Å². The molecular formula is C32H39Cl2N3O5S. The fraction of sp³-hybridized carbons (Fsp3) is 0.375. The third-order valence-electron chi connectivity index (χ3n) is 7.04. The first-order valence-corrected chi connectivity index (χ1v) is 16.4. The maximum atomic E-state index is 14.3. The van der Waals surface area contributed by atoms with E-state index in [0.29, 0.717) is 28.6 Å². The van der Waals surface area contributed by atoms with Crippen molar-refractivity contribution >= 4 is 50.7 Å². The summed E-state index contributed by atoms with van der Waals surface area (Å²) in [6.07, 6.45) is 2.00. The van der Waals surface area contributed by atoms with Crippen LogP contribution in [-0.2, 0) is 26.2 Å². The maximum Gasteiger partial charge on any atom is 0.264 e. The zero-order chi connectivity index (χ0) is 31.7. The Morgan fingerprint density at radius 1 is 0.930 bits per heavy atom. The largest absolute Gasteiger partial charge is 0.495 e. The molecule has 232 valence electrons. The van der Waals surface area contributed by atoms with E-state index in [9.17, 15) is 18.0 Å². The molecule has 11 heteroatoms. The predicted molar refractivity (Wildman–Crippen MR) is 172 cm³/mol. The van der Waals surface area contributed by atoms with Crippen LogP contribution in [0.5, 0.6) is 5.75 Å². The van der Waals surface area contributed by atoms with E-state index in [1.165, 1.54) is 24.1 Å². The smallest absolute Gasteiger partial charge is 0.264 e. The molecule has 0 saturated carbocycles. The van der Waals surface area contributed by atoms with Crippen LogP contribution in [0.25, 0.3) is 0 Å². The predicted octanol–water partition coefficient (Wildman–Crippen LogP) is 6.54. The Hall–Kier alpha value is -3.27. The Kier molecular flexibility index (Phi) is 12.3. The van der Waals surface area contributed by atoms with Crippen molar-refractivity contribution < 1.29 is 22.7 Å². The molecule has 3 rings (SSSR count). The Morgan fingerprint density at radius 2 is 1.60 bits per heavy atom. The van der Waals surface area contributed by atoms with Gasteiger partial charge in [-0.3, -0.25) is 13.9 Å². The fourth-order valence-corrected chi connectivity index (χ4v) is 6.34. The number of nitrogens with one attached hydrogen (secondary N) is 1. The molecule has 3 aromatic carbocycles. The first kappa shape index (κ1) is 34.2. The van der Waals surface area contributed by atoms with Crippen LogP contribution < -0.4 is 14.4 Å². The van der Waals surface area contributed by atoms with Crippen LogP contribution in [0.15, 0.2) is 65.6 Å². The minimum atomic E-state index is -4.24. The summed E-state index contributed by atoms with van der Waals surface area (Å²) in [6.45, 7) is 7.42. The highest BCUT2D eigenvalue weighted by Gasteiger charge is 2.35. The van der Waals surface area contributed by atoms with Crippen molar-refractivity contribution in [2.45, 2.75) is 64.4 Å². The van der Waals surface area contributed by atoms with Crippen molar-refractivity contribution in [3.8, 4) is 5.75 Å². The number of carbonyl (C=O) groups is 2. The van der Waals surface area contributed by atoms with Crippen LogP contribution in [-0.4, -0.2) is 51.4 Å². The number of amides is 2. The molecular weight excluding hydrogens is 609 g/mol. The van der Waals surface area contributed by atoms with E-state index in [0.717, 1.165) is 28.3 Å². The number of rotatable bonds is 14. The minimum Gasteiger partial charge on any atom is -0.495 e. The Bertz CT molecular complexity index is 1530. The lowest BCUT2D eigenvalue weighted by Crippen LogP contribution is -2.52. The number of unbranched alkanes of at least 4 members (excludes halogenated alkanes) is 1. The lowest BCUT2D eigenvalue weighted by Gasteiger charge is -2.33. The molecule has 0 aromatic heterocycles. The molecule has 3 aromatic rings. The number of aryl methyl sites for hydroxylation is 2. The van der Waals surface area contributed by atoms with Gasteiger partial charge in [-0.2, -0.15) is 0 Å². The van der Waals surface area contributed by atoms with Crippen molar-refractivity contribution in [1.29, 1.82) is 0 Å². The Morgan fingerprint density at radius 3 is 2.21 bits per heavy atom. The van der Waals surface area contributed by atoms with Gasteiger partial charge in [0.25, 0.3) is 10.0 Å². The van der Waals surface area contributed by atoms with E-state index < -0.39 is 28.5 Å². The van der Waals surface area contributed by atoms with Gasteiger partial charge in [0.15, 0.2) is 0 Å². The Labute approximate surface area is 265 Å². The van der Waals surface area contributed by atoms with E-state index in [-0.39, 0.29) is 28.8 Å². The number of sulfonamides is 1. The van der Waals surface area contributed by atoms with Crippen LogP contribution in [0.1, 0.15) is 49.8 Å². The SMILES string of the molecule is CCCCNC(=O)[C@@H](CC)N(Cc1ccc(Cl)c(Cl)c1)C(=O)CN(c1cc(C)ccc1OC)S(=O)(=O)c1ccc(C)cc1. The molecule has 0 heterocycles. The van der Waals surface area contributed by atoms with Gasteiger partial charge in [0.05, 0.1) is 27.7 Å². The zero-order valence-electron chi connectivity index (χ0n) is 25.2. The van der Waals surface area contributed by atoms with Crippen molar-refractivity contribution in [1.82, 2.24) is 10.2 Å². The number of hydrogen-bond acceptors (Lipinski definition) is 5. The highest BCUT2D eigenvalue weighted by atomic mass is 35.5. The lowest BCUT2D eigenvalue weighted by atomic mass is 10.1. The quantitative estimate of drug-likeness (QED) is 0.201. The second-order valence-corrected chi connectivity index (χ2v) is 13.0. The first-order valence-electron chi connectivity index (χ1n) is 14.2. The average Bonchev–Trinajstić information content (AvgIpc) is 2.97. The van der Waals surface area contributed by atoms with Crippen LogP contribution >= 0.6 is 23.2 Å². The van der Waals surface area contributed by atoms with Gasteiger partial charge in [-0.05, 0) is 74.2 Å². The molecule has 43 heavy (non-hydrogen) atoms. The first-order chi connectivity index (χ1) is 20.4. The number of hydrogen-bond donors (Lipinski definition) is 1. The molecule has 0 spiro atoms. The summed E-state index contributed by atoms with van der Waals surface area (Å²) in [4.78, 5) is 29.1. The van der Waals surface area contributed by atoms with Gasteiger partial charge in [-0.15, -0.1) is 0 Å². The van der Waals surface area contributed by atoms with Gasteiger partial charge in [0.1, 0.15) is 18.3 Å². The normalized spacial score (nSPS) is 12.0. The van der Waals surface area contributed by atoms with Gasteiger partial charge in [0, 0.05) is 13.1 Å². The number of ether oxygens (including phenoxy) is 1. The number of anilines is 1. The van der Waals surface area contributed by atoms with E-state index in [4.69, 9.17) is 27.9 Å². The summed E-state index contributed by atoms with van der Waals surface area (Å²) in [6, 6.07) is 15.7. The van der Waals surface area contributed by atoms with Gasteiger partial charge in [-0.25, -0.2) is 8.42 Å². The standard InChI is InChI=1S/C32H39Cl2N3O5S/c1-6-8-17-35-32(39)28(7-2)36(20-24-12-15-26(33)27(34)19-24)31(38)21-37(29-18-23(4)11-16-30(29)42-5)43(40,41)25-13-9-22(3)10-14-25/h9-16,18-19,28H,6-8,17,20-21H2,1-5H3,(H,35,39)/t28-/m1/s1. The Balaban J connectivity index is 2.12. The molecule has 0 fully saturated rings. The van der Waals surface area contributed by atoms with Crippen LogP contribution in [0, 0.1) is 13.8 Å². The second kappa shape index (κ2) is 15.5. The molecule has 0 aliphatic heterocycles. The molecule has 0 saturated heterocycles. The van der Waals surface area contributed by atoms with E-state index in [2.05, 4.69) is 5.32 Å². The summed E-state index contributed by atoms with van der Waals surface area (Å²) >= 11 is 12.4. The topological polar surface area (TPSA) is 96.0 Å². The molecule has 0 unspecified atom stereocenters. The van der Waals surface area contributed by atoms with Gasteiger partial charge < -0.3 is 15.0 Å². The van der Waals surface area contributed by atoms with Gasteiger partial charge >= 0.3 is 0 Å². The van der Waals surface area contributed by atoms with Crippen molar-refractivity contribution in [3.05, 3.63) is 87.4 Å². The third-order valence-corrected chi connectivity index (χ3v) is 9.56. The summed E-state index contributed by atoms with van der Waals surface area (Å²) in [7, 11) is -2.80. The van der Waals surface area contributed by atoms with Crippen molar-refractivity contribution in [3.63, 3.8) is 0 Å². The van der Waals surface area contributed by atoms with E-state index >= 15 is 0 Å².